The second kappa shape index (κ2) is 9.90. The second-order valence-electron chi connectivity index (χ2n) is 11.6. The van der Waals surface area contributed by atoms with Crippen LogP contribution in [0.5, 0.6) is 0 Å². The number of benzene rings is 3. The van der Waals surface area contributed by atoms with Gasteiger partial charge < -0.3 is 9.84 Å². The van der Waals surface area contributed by atoms with Gasteiger partial charge in [0.2, 0.25) is 0 Å². The van der Waals surface area contributed by atoms with Crippen molar-refractivity contribution in [3.8, 4) is 0 Å². The molecule has 2 saturated carbocycles. The Balaban J connectivity index is 1.32. The maximum atomic E-state index is 13.1. The van der Waals surface area contributed by atoms with Gasteiger partial charge in [-0.2, -0.15) is 0 Å². The molecule has 0 unspecified atom stereocenters. The van der Waals surface area contributed by atoms with Crippen molar-refractivity contribution in [2.75, 3.05) is 0 Å². The molecule has 4 nitrogen and oxygen atoms in total. The summed E-state index contributed by atoms with van der Waals surface area (Å²) >= 11 is 0. The topological polar surface area (TPSA) is 63.6 Å². The van der Waals surface area contributed by atoms with Crippen LogP contribution in [0.25, 0.3) is 16.8 Å². The molecule has 0 spiro atoms. The second-order valence-corrected chi connectivity index (χ2v) is 11.6. The van der Waals surface area contributed by atoms with Crippen LogP contribution in [0.15, 0.2) is 78.9 Å². The van der Waals surface area contributed by atoms with Gasteiger partial charge in [-0.05, 0) is 51.6 Å². The summed E-state index contributed by atoms with van der Waals surface area (Å²) < 4.78 is 6.22. The Morgan fingerprint density at radius 3 is 2.46 bits per heavy atom. The molecule has 37 heavy (non-hydrogen) atoms. The van der Waals surface area contributed by atoms with E-state index in [9.17, 15) is 14.7 Å². The Labute approximate surface area is 219 Å². The number of carbonyl (C=O) groups excluding carboxylic acids is 2. The number of fused-ring (bicyclic) bond motifs is 3. The van der Waals surface area contributed by atoms with Gasteiger partial charge in [-0.1, -0.05) is 99.6 Å². The normalized spacial score (nSPS) is 27.0. The summed E-state index contributed by atoms with van der Waals surface area (Å²) in [5.41, 5.74) is 2.15. The standard InChI is InChI=1S/C33H36O4/c1-32(2)28-18-19-33(32,3)30(27-15-9-13-23-12-7-8-14-26(23)27)31(28)37-29(36)21-25(35)20-24(34)17-16-22-10-5-4-6-11-22/h4-17,25,28,30-31,35H,18-21H2,1-3H3/b17-16+/t25-,28+,30+,31+,33+/m0/s1. The first kappa shape index (κ1) is 25.4. The summed E-state index contributed by atoms with van der Waals surface area (Å²) in [4.78, 5) is 25.4. The highest BCUT2D eigenvalue weighted by atomic mass is 16.5. The van der Waals surface area contributed by atoms with Crippen LogP contribution in [0.3, 0.4) is 0 Å². The first-order valence-electron chi connectivity index (χ1n) is 13.3. The number of aliphatic hydroxyl groups is 1. The summed E-state index contributed by atoms with van der Waals surface area (Å²) in [6.45, 7) is 6.96. The molecule has 0 aromatic heterocycles. The van der Waals surface area contributed by atoms with Crippen LogP contribution in [-0.4, -0.2) is 29.1 Å². The Hall–Kier alpha value is -3.24. The zero-order valence-corrected chi connectivity index (χ0v) is 21.9. The quantitative estimate of drug-likeness (QED) is 0.278. The maximum Gasteiger partial charge on any atom is 0.308 e. The summed E-state index contributed by atoms with van der Waals surface area (Å²) in [5.74, 6) is -0.331. The van der Waals surface area contributed by atoms with Gasteiger partial charge in [-0.25, -0.2) is 0 Å². The number of esters is 1. The highest BCUT2D eigenvalue weighted by molar-refractivity contribution is 5.94. The number of allylic oxidation sites excluding steroid dienone is 1. The number of hydrogen-bond acceptors (Lipinski definition) is 4. The predicted molar refractivity (Wildman–Crippen MR) is 147 cm³/mol. The number of rotatable bonds is 8. The van der Waals surface area contributed by atoms with E-state index >= 15 is 0 Å². The minimum Gasteiger partial charge on any atom is -0.461 e. The Bertz CT molecular complexity index is 1320. The number of ketones is 1. The zero-order chi connectivity index (χ0) is 26.2. The molecule has 2 aliphatic carbocycles. The lowest BCUT2D eigenvalue weighted by Crippen LogP contribution is -2.35. The minimum atomic E-state index is -1.07. The molecule has 0 saturated heterocycles. The average Bonchev–Trinajstić information content (AvgIpc) is 3.20. The van der Waals surface area contributed by atoms with Gasteiger partial charge in [0, 0.05) is 18.3 Å². The zero-order valence-electron chi connectivity index (χ0n) is 21.9. The van der Waals surface area contributed by atoms with Gasteiger partial charge in [-0.3, -0.25) is 9.59 Å². The summed E-state index contributed by atoms with van der Waals surface area (Å²) in [7, 11) is 0. The number of hydrogen-bond donors (Lipinski definition) is 1. The van der Waals surface area contributed by atoms with Crippen LogP contribution in [-0.2, 0) is 14.3 Å². The van der Waals surface area contributed by atoms with Crippen molar-refractivity contribution in [2.45, 2.75) is 64.6 Å². The lowest BCUT2D eigenvalue weighted by molar-refractivity contribution is -0.155. The molecule has 5 rings (SSSR count). The third-order valence-electron chi connectivity index (χ3n) is 9.31. The summed E-state index contributed by atoms with van der Waals surface area (Å²) in [6, 6.07) is 24.3. The highest BCUT2D eigenvalue weighted by Gasteiger charge is 2.67. The lowest BCUT2D eigenvalue weighted by Gasteiger charge is -2.40. The smallest absolute Gasteiger partial charge is 0.308 e. The van der Waals surface area contributed by atoms with Gasteiger partial charge >= 0.3 is 5.97 Å². The molecule has 0 aliphatic heterocycles. The van der Waals surface area contributed by atoms with Gasteiger partial charge in [0.05, 0.1) is 12.5 Å². The molecule has 2 aliphatic rings. The van der Waals surface area contributed by atoms with E-state index in [2.05, 4.69) is 57.2 Å². The fourth-order valence-electron chi connectivity index (χ4n) is 7.00. The Kier molecular flexibility index (Phi) is 6.80. The molecule has 192 valence electrons. The van der Waals surface area contributed by atoms with Crippen LogP contribution in [0, 0.1) is 16.7 Å². The van der Waals surface area contributed by atoms with Crippen molar-refractivity contribution in [3.05, 3.63) is 90.0 Å². The van der Waals surface area contributed by atoms with Crippen LogP contribution >= 0.6 is 0 Å². The van der Waals surface area contributed by atoms with E-state index in [0.29, 0.717) is 0 Å². The molecule has 3 aromatic carbocycles. The number of ether oxygens (including phenoxy) is 1. The molecule has 5 atom stereocenters. The number of carbonyl (C=O) groups is 2. The molecule has 2 fully saturated rings. The Morgan fingerprint density at radius 1 is 0.973 bits per heavy atom. The van der Waals surface area contributed by atoms with Crippen LogP contribution in [0.2, 0.25) is 0 Å². The maximum absolute atomic E-state index is 13.1. The third kappa shape index (κ3) is 4.64. The van der Waals surface area contributed by atoms with E-state index in [1.165, 1.54) is 22.4 Å². The molecule has 2 bridgehead atoms. The van der Waals surface area contributed by atoms with Crippen molar-refractivity contribution in [3.63, 3.8) is 0 Å². The highest BCUT2D eigenvalue weighted by Crippen LogP contribution is 2.72. The van der Waals surface area contributed by atoms with Crippen molar-refractivity contribution in [1.82, 2.24) is 0 Å². The Morgan fingerprint density at radius 2 is 1.68 bits per heavy atom. The van der Waals surface area contributed by atoms with Crippen molar-refractivity contribution in [2.24, 2.45) is 16.7 Å². The SMILES string of the molecule is CC1(C)[C@@H]2CC[C@]1(C)[C@H](c1cccc3ccccc13)[C@@H]2OC(=O)C[C@@H](O)CC(=O)/C=C/c1ccccc1. The molecule has 3 aromatic rings. The minimum absolute atomic E-state index is 0.0103. The van der Waals surface area contributed by atoms with Crippen LogP contribution in [0.4, 0.5) is 0 Å². The van der Waals surface area contributed by atoms with E-state index < -0.39 is 12.1 Å². The molecule has 4 heteroatoms. The van der Waals surface area contributed by atoms with Crippen molar-refractivity contribution < 1.29 is 19.4 Å². The fourth-order valence-corrected chi connectivity index (χ4v) is 7.00. The van der Waals surface area contributed by atoms with E-state index in [1.807, 2.05) is 36.4 Å². The van der Waals surface area contributed by atoms with Crippen LogP contribution in [0.1, 0.15) is 63.5 Å². The fraction of sp³-hybridized carbons (Fsp3) is 0.394. The monoisotopic (exact) mass is 496 g/mol. The van der Waals surface area contributed by atoms with Crippen LogP contribution < -0.4 is 0 Å². The van der Waals surface area contributed by atoms with Gasteiger partial charge in [-0.15, -0.1) is 0 Å². The third-order valence-corrected chi connectivity index (χ3v) is 9.31. The molecular formula is C33H36O4. The first-order chi connectivity index (χ1) is 17.7. The van der Waals surface area contributed by atoms with Crippen molar-refractivity contribution in [1.29, 1.82) is 0 Å². The summed E-state index contributed by atoms with van der Waals surface area (Å²) in [5, 5.41) is 12.9. The first-order valence-corrected chi connectivity index (χ1v) is 13.3. The summed E-state index contributed by atoms with van der Waals surface area (Å²) in [6.07, 6.45) is 3.67. The molecule has 0 amide bonds. The van der Waals surface area contributed by atoms with Gasteiger partial charge in [0.25, 0.3) is 0 Å². The molecular weight excluding hydrogens is 460 g/mol. The van der Waals surface area contributed by atoms with Gasteiger partial charge in [0.1, 0.15) is 6.10 Å². The van der Waals surface area contributed by atoms with Crippen molar-refractivity contribution >= 4 is 28.6 Å². The predicted octanol–water partition coefficient (Wildman–Crippen LogP) is 6.71. The lowest BCUT2D eigenvalue weighted by atomic mass is 9.64. The average molecular weight is 497 g/mol. The molecule has 0 radical (unpaired) electrons. The number of aliphatic hydroxyl groups excluding tert-OH is 1. The largest absolute Gasteiger partial charge is 0.461 e. The van der Waals surface area contributed by atoms with E-state index in [1.54, 1.807) is 6.08 Å². The van der Waals surface area contributed by atoms with E-state index in [4.69, 9.17) is 4.74 Å². The van der Waals surface area contributed by atoms with Gasteiger partial charge in [0.15, 0.2) is 5.78 Å². The van der Waals surface area contributed by atoms with E-state index in [-0.39, 0.29) is 47.4 Å². The molecule has 0 heterocycles. The van der Waals surface area contributed by atoms with E-state index in [0.717, 1.165) is 18.4 Å². The molecule has 1 N–H and O–H groups in total.